The van der Waals surface area contributed by atoms with E-state index in [-0.39, 0.29) is 30.0 Å². The summed E-state index contributed by atoms with van der Waals surface area (Å²) in [5.74, 6) is 1.43. The lowest BCUT2D eigenvalue weighted by Crippen LogP contribution is -2.30. The van der Waals surface area contributed by atoms with Crippen LogP contribution in [0, 0.1) is 17.2 Å². The Morgan fingerprint density at radius 1 is 1.36 bits per heavy atom. The predicted molar refractivity (Wildman–Crippen MR) is 108 cm³/mol. The Labute approximate surface area is 159 Å². The van der Waals surface area contributed by atoms with Gasteiger partial charge in [0, 0.05) is 40.7 Å². The van der Waals surface area contributed by atoms with Crippen molar-refractivity contribution in [3.8, 4) is 17.2 Å². The first kappa shape index (κ1) is 19.6. The van der Waals surface area contributed by atoms with E-state index < -0.39 is 0 Å². The summed E-state index contributed by atoms with van der Waals surface area (Å²) in [6, 6.07) is 7.99. The second-order valence-corrected chi connectivity index (χ2v) is 8.44. The highest BCUT2D eigenvalue weighted by molar-refractivity contribution is 7.99. The molecule has 1 aliphatic heterocycles. The summed E-state index contributed by atoms with van der Waals surface area (Å²) in [5, 5.41) is 10.5. The van der Waals surface area contributed by atoms with Crippen molar-refractivity contribution in [2.45, 2.75) is 44.7 Å². The smallest absolute Gasteiger partial charge is 0.269 e. The lowest BCUT2D eigenvalue weighted by atomic mass is 9.91. The SMILES string of the molecule is C[C@@H]1CSc2cc(-c3ccc(C(C)(C)C)nc3)c(C#N)c(=O)n2C1.S. The Morgan fingerprint density at radius 3 is 2.64 bits per heavy atom. The number of rotatable bonds is 1. The molecule has 3 heterocycles. The van der Waals surface area contributed by atoms with Gasteiger partial charge in [-0.1, -0.05) is 33.8 Å². The molecule has 6 heteroatoms. The fraction of sp³-hybridized carbons (Fsp3) is 0.421. The highest BCUT2D eigenvalue weighted by Gasteiger charge is 2.22. The molecule has 0 fully saturated rings. The summed E-state index contributed by atoms with van der Waals surface area (Å²) in [4.78, 5) is 17.2. The van der Waals surface area contributed by atoms with Crippen LogP contribution in [-0.4, -0.2) is 15.3 Å². The molecular formula is C19H23N3OS2. The highest BCUT2D eigenvalue weighted by Crippen LogP contribution is 2.32. The molecule has 0 bridgehead atoms. The van der Waals surface area contributed by atoms with Gasteiger partial charge in [0.1, 0.15) is 11.6 Å². The summed E-state index contributed by atoms with van der Waals surface area (Å²) in [6.07, 6.45) is 1.77. The van der Waals surface area contributed by atoms with Gasteiger partial charge in [-0.05, 0) is 18.1 Å². The topological polar surface area (TPSA) is 58.7 Å². The molecule has 0 unspecified atom stereocenters. The van der Waals surface area contributed by atoms with E-state index in [0.717, 1.165) is 22.0 Å². The number of hydrogen-bond acceptors (Lipinski definition) is 4. The number of pyridine rings is 2. The zero-order valence-electron chi connectivity index (χ0n) is 15.0. The van der Waals surface area contributed by atoms with Crippen molar-refractivity contribution in [2.75, 3.05) is 5.75 Å². The van der Waals surface area contributed by atoms with Crippen molar-refractivity contribution in [3.63, 3.8) is 0 Å². The van der Waals surface area contributed by atoms with E-state index in [9.17, 15) is 10.1 Å². The Morgan fingerprint density at radius 2 is 2.08 bits per heavy atom. The Bertz CT molecular complexity index is 874. The van der Waals surface area contributed by atoms with E-state index in [1.54, 1.807) is 22.5 Å². The van der Waals surface area contributed by atoms with Crippen LogP contribution in [0.3, 0.4) is 0 Å². The fourth-order valence-electron chi connectivity index (χ4n) is 2.84. The molecule has 2 aromatic heterocycles. The molecular weight excluding hydrogens is 350 g/mol. The van der Waals surface area contributed by atoms with Crippen molar-refractivity contribution in [1.29, 1.82) is 5.26 Å². The monoisotopic (exact) mass is 373 g/mol. The van der Waals surface area contributed by atoms with Gasteiger partial charge in [-0.15, -0.1) is 11.8 Å². The van der Waals surface area contributed by atoms with Gasteiger partial charge in [-0.25, -0.2) is 0 Å². The maximum absolute atomic E-state index is 12.7. The molecule has 25 heavy (non-hydrogen) atoms. The average Bonchev–Trinajstić information content (AvgIpc) is 2.54. The molecule has 0 spiro atoms. The summed E-state index contributed by atoms with van der Waals surface area (Å²) < 4.78 is 1.73. The molecule has 0 aromatic carbocycles. The van der Waals surface area contributed by atoms with Crippen LogP contribution in [-0.2, 0) is 12.0 Å². The van der Waals surface area contributed by atoms with E-state index in [1.165, 1.54) is 0 Å². The van der Waals surface area contributed by atoms with E-state index in [4.69, 9.17) is 0 Å². The first-order valence-electron chi connectivity index (χ1n) is 8.09. The van der Waals surface area contributed by atoms with Gasteiger partial charge in [-0.3, -0.25) is 9.78 Å². The van der Waals surface area contributed by atoms with Gasteiger partial charge in [0.2, 0.25) is 0 Å². The minimum atomic E-state index is -0.191. The first-order chi connectivity index (χ1) is 11.3. The second-order valence-electron chi connectivity index (χ2n) is 7.40. The zero-order valence-corrected chi connectivity index (χ0v) is 16.8. The van der Waals surface area contributed by atoms with E-state index in [0.29, 0.717) is 18.0 Å². The van der Waals surface area contributed by atoms with Crippen LogP contribution >= 0.6 is 25.3 Å². The van der Waals surface area contributed by atoms with E-state index in [2.05, 4.69) is 38.7 Å². The van der Waals surface area contributed by atoms with Gasteiger partial charge in [0.25, 0.3) is 5.56 Å². The molecule has 1 atom stereocenters. The van der Waals surface area contributed by atoms with Crippen molar-refractivity contribution in [1.82, 2.24) is 9.55 Å². The molecule has 0 aliphatic carbocycles. The van der Waals surface area contributed by atoms with Gasteiger partial charge in [0.05, 0.1) is 5.03 Å². The largest absolute Gasteiger partial charge is 0.302 e. The number of fused-ring (bicyclic) bond motifs is 1. The van der Waals surface area contributed by atoms with E-state index >= 15 is 0 Å². The first-order valence-corrected chi connectivity index (χ1v) is 9.07. The summed E-state index contributed by atoms with van der Waals surface area (Å²) in [6.45, 7) is 9.13. The third-order valence-electron chi connectivity index (χ3n) is 4.23. The second kappa shape index (κ2) is 7.27. The maximum Gasteiger partial charge on any atom is 0.269 e. The minimum Gasteiger partial charge on any atom is -0.302 e. The third-order valence-corrected chi connectivity index (χ3v) is 5.60. The number of nitriles is 1. The van der Waals surface area contributed by atoms with Gasteiger partial charge >= 0.3 is 0 Å². The molecule has 0 saturated heterocycles. The Kier molecular flexibility index (Phi) is 5.70. The summed E-state index contributed by atoms with van der Waals surface area (Å²) in [7, 11) is 0. The Balaban J connectivity index is 0.00000225. The van der Waals surface area contributed by atoms with Crippen LogP contribution in [0.5, 0.6) is 0 Å². The highest BCUT2D eigenvalue weighted by atomic mass is 32.2. The lowest BCUT2D eigenvalue weighted by molar-refractivity contribution is 0.474. The standard InChI is InChI=1S/C19H21N3OS.H2S/c1-12-10-22-17(24-11-12)7-14(15(8-20)18(22)23)13-5-6-16(21-9-13)19(2,3)4;/h5-7,9,12H,10-11H2,1-4H3;1H2/t12-;/m0./s1. The average molecular weight is 374 g/mol. The molecule has 0 radical (unpaired) electrons. The molecule has 0 amide bonds. The summed E-state index contributed by atoms with van der Waals surface area (Å²) in [5.41, 5.74) is 2.48. The molecule has 4 nitrogen and oxygen atoms in total. The van der Waals surface area contributed by atoms with Crippen LogP contribution in [0.25, 0.3) is 11.1 Å². The van der Waals surface area contributed by atoms with Crippen LogP contribution < -0.4 is 5.56 Å². The number of aromatic nitrogens is 2. The van der Waals surface area contributed by atoms with E-state index in [1.807, 2.05) is 18.2 Å². The van der Waals surface area contributed by atoms with Gasteiger partial charge in [0.15, 0.2) is 0 Å². The van der Waals surface area contributed by atoms with Crippen molar-refractivity contribution in [3.05, 3.63) is 46.0 Å². The molecule has 3 rings (SSSR count). The molecule has 1 aliphatic rings. The van der Waals surface area contributed by atoms with Crippen molar-refractivity contribution < 1.29 is 0 Å². The Hall–Kier alpha value is -1.71. The lowest BCUT2D eigenvalue weighted by Gasteiger charge is -2.24. The van der Waals surface area contributed by atoms with Gasteiger partial charge in [-0.2, -0.15) is 18.8 Å². The number of thioether (sulfide) groups is 1. The fourth-order valence-corrected chi connectivity index (χ4v) is 3.92. The molecule has 132 valence electrons. The third kappa shape index (κ3) is 3.78. The normalized spacial score (nSPS) is 16.5. The van der Waals surface area contributed by atoms with Gasteiger partial charge < -0.3 is 4.57 Å². The van der Waals surface area contributed by atoms with Crippen LogP contribution in [0.15, 0.2) is 34.2 Å². The predicted octanol–water partition coefficient (Wildman–Crippen LogP) is 3.93. The van der Waals surface area contributed by atoms with Crippen molar-refractivity contribution >= 4 is 25.3 Å². The van der Waals surface area contributed by atoms with Crippen LogP contribution in [0.1, 0.15) is 39.0 Å². The molecule has 2 aromatic rings. The maximum atomic E-state index is 12.7. The zero-order chi connectivity index (χ0) is 17.5. The quantitative estimate of drug-likeness (QED) is 0.760. The minimum absolute atomic E-state index is 0. The number of nitrogens with zero attached hydrogens (tertiary/aromatic N) is 3. The van der Waals surface area contributed by atoms with Crippen LogP contribution in [0.4, 0.5) is 0 Å². The summed E-state index contributed by atoms with van der Waals surface area (Å²) >= 11 is 1.68. The van der Waals surface area contributed by atoms with Crippen LogP contribution in [0.2, 0.25) is 0 Å². The number of hydrogen-bond donors (Lipinski definition) is 0. The molecule has 0 N–H and O–H groups in total. The molecule has 0 saturated carbocycles. The van der Waals surface area contributed by atoms with Crippen molar-refractivity contribution in [2.24, 2.45) is 5.92 Å².